The van der Waals surface area contributed by atoms with E-state index in [1.165, 1.54) is 48.5 Å². The van der Waals surface area contributed by atoms with Crippen molar-refractivity contribution >= 4 is 5.91 Å². The van der Waals surface area contributed by atoms with Crippen LogP contribution in [0.5, 0.6) is 5.75 Å². The van der Waals surface area contributed by atoms with E-state index in [0.717, 1.165) is 5.56 Å². The molecule has 4 nitrogen and oxygen atoms in total. The van der Waals surface area contributed by atoms with Crippen LogP contribution in [0, 0.1) is 11.6 Å². The Morgan fingerprint density at radius 3 is 1.83 bits per heavy atom. The first-order valence-corrected chi connectivity index (χ1v) is 9.70. The number of nitrogens with zero attached hydrogens (tertiary/aromatic N) is 1. The van der Waals surface area contributed by atoms with Crippen molar-refractivity contribution in [2.24, 2.45) is 0 Å². The Morgan fingerprint density at radius 2 is 1.37 bits per heavy atom. The van der Waals surface area contributed by atoms with Gasteiger partial charge in [-0.1, -0.05) is 36.4 Å². The maximum Gasteiger partial charge on any atom is 0.225 e. The van der Waals surface area contributed by atoms with Crippen molar-refractivity contribution in [2.45, 2.75) is 24.5 Å². The quantitative estimate of drug-likeness (QED) is 0.598. The molecule has 0 aliphatic carbocycles. The third kappa shape index (κ3) is 3.78. The van der Waals surface area contributed by atoms with Crippen LogP contribution in [0.1, 0.15) is 35.6 Å². The van der Waals surface area contributed by atoms with Gasteiger partial charge in [-0.3, -0.25) is 4.79 Å². The molecule has 6 heteroatoms. The molecule has 0 aromatic heterocycles. The van der Waals surface area contributed by atoms with E-state index in [4.69, 9.17) is 0 Å². The van der Waals surface area contributed by atoms with Gasteiger partial charge in [0, 0.05) is 13.0 Å². The van der Waals surface area contributed by atoms with Gasteiger partial charge in [-0.2, -0.15) is 0 Å². The van der Waals surface area contributed by atoms with Crippen LogP contribution >= 0.6 is 0 Å². The number of aliphatic hydroxyl groups is 1. The standard InChI is InChI=1S/C24H21F2NO3/c25-19-7-3-17(4-8-19)24(30,18-5-9-20(26)10-6-18)13-14-27-22(15-23(27)29)16-1-11-21(28)12-2-16/h1-12,22,28,30H,13-15H2. The van der Waals surface area contributed by atoms with Crippen molar-refractivity contribution in [3.05, 3.63) is 101 Å². The summed E-state index contributed by atoms with van der Waals surface area (Å²) in [6, 6.07) is 17.6. The number of halogens is 2. The summed E-state index contributed by atoms with van der Waals surface area (Å²) in [4.78, 5) is 13.9. The third-order valence-corrected chi connectivity index (χ3v) is 5.70. The van der Waals surface area contributed by atoms with Crippen molar-refractivity contribution in [3.8, 4) is 5.75 Å². The lowest BCUT2D eigenvalue weighted by Gasteiger charge is -2.43. The first-order chi connectivity index (χ1) is 14.4. The van der Waals surface area contributed by atoms with E-state index < -0.39 is 17.2 Å². The van der Waals surface area contributed by atoms with Gasteiger partial charge in [0.1, 0.15) is 23.0 Å². The summed E-state index contributed by atoms with van der Waals surface area (Å²) >= 11 is 0. The average molecular weight is 409 g/mol. The lowest BCUT2D eigenvalue weighted by Crippen LogP contribution is -2.48. The molecule has 3 aromatic rings. The second kappa shape index (κ2) is 7.88. The van der Waals surface area contributed by atoms with Gasteiger partial charge in [0.2, 0.25) is 5.91 Å². The average Bonchev–Trinajstić information content (AvgIpc) is 2.73. The highest BCUT2D eigenvalue weighted by molar-refractivity contribution is 5.83. The van der Waals surface area contributed by atoms with E-state index in [2.05, 4.69) is 0 Å². The molecular formula is C24H21F2NO3. The van der Waals surface area contributed by atoms with Gasteiger partial charge in [0.15, 0.2) is 0 Å². The van der Waals surface area contributed by atoms with Crippen LogP contribution in [0.4, 0.5) is 8.78 Å². The van der Waals surface area contributed by atoms with E-state index in [9.17, 15) is 23.8 Å². The molecule has 1 atom stereocenters. The largest absolute Gasteiger partial charge is 0.508 e. The Labute approximate surface area is 173 Å². The number of hydrogen-bond donors (Lipinski definition) is 2. The number of carbonyl (C=O) groups is 1. The van der Waals surface area contributed by atoms with Crippen LogP contribution in [0.2, 0.25) is 0 Å². The second-order valence-corrected chi connectivity index (χ2v) is 7.52. The first-order valence-electron chi connectivity index (χ1n) is 9.70. The van der Waals surface area contributed by atoms with Crippen LogP contribution in [0.3, 0.4) is 0 Å². The Kier molecular flexibility index (Phi) is 5.26. The van der Waals surface area contributed by atoms with E-state index in [1.54, 1.807) is 29.2 Å². The fourth-order valence-corrected chi connectivity index (χ4v) is 3.92. The van der Waals surface area contributed by atoms with Crippen LogP contribution in [-0.4, -0.2) is 27.6 Å². The molecule has 1 saturated heterocycles. The van der Waals surface area contributed by atoms with Gasteiger partial charge in [-0.15, -0.1) is 0 Å². The minimum atomic E-state index is -1.52. The summed E-state index contributed by atoms with van der Waals surface area (Å²) in [5.41, 5.74) is 0.311. The fraction of sp³-hybridized carbons (Fsp3) is 0.208. The van der Waals surface area contributed by atoms with E-state index in [-0.39, 0.29) is 30.7 Å². The Balaban J connectivity index is 1.60. The molecule has 1 fully saturated rings. The third-order valence-electron chi connectivity index (χ3n) is 5.70. The molecule has 0 saturated carbocycles. The molecule has 1 amide bonds. The van der Waals surface area contributed by atoms with Gasteiger partial charge < -0.3 is 15.1 Å². The lowest BCUT2D eigenvalue weighted by atomic mass is 9.82. The predicted molar refractivity (Wildman–Crippen MR) is 108 cm³/mol. The minimum absolute atomic E-state index is 0.0337. The molecule has 1 aliphatic rings. The summed E-state index contributed by atoms with van der Waals surface area (Å²) in [6.07, 6.45) is 0.515. The molecule has 0 spiro atoms. The maximum atomic E-state index is 13.4. The Hall–Kier alpha value is -3.25. The number of phenols is 1. The highest BCUT2D eigenvalue weighted by atomic mass is 19.1. The summed E-state index contributed by atoms with van der Waals surface area (Å²) in [5, 5.41) is 21.0. The molecule has 0 bridgehead atoms. The number of phenolic OH excluding ortho intramolecular Hbond substituents is 1. The Bertz CT molecular complexity index is 988. The zero-order valence-corrected chi connectivity index (χ0v) is 16.1. The number of β-lactam (4-membered cyclic amide) rings is 1. The number of amides is 1. The molecule has 1 heterocycles. The molecule has 1 aliphatic heterocycles. The zero-order chi connectivity index (χ0) is 21.3. The maximum absolute atomic E-state index is 13.4. The SMILES string of the molecule is O=C1CC(c2ccc(O)cc2)N1CCC(O)(c1ccc(F)cc1)c1ccc(F)cc1. The number of likely N-dealkylation sites (tertiary alicyclic amines) is 1. The summed E-state index contributed by atoms with van der Waals surface area (Å²) in [5.74, 6) is -0.734. The zero-order valence-electron chi connectivity index (χ0n) is 16.1. The fourth-order valence-electron chi connectivity index (χ4n) is 3.92. The molecule has 2 N–H and O–H groups in total. The van der Waals surface area contributed by atoms with Crippen molar-refractivity contribution < 1.29 is 23.8 Å². The van der Waals surface area contributed by atoms with E-state index in [1.807, 2.05) is 0 Å². The Morgan fingerprint density at radius 1 is 0.867 bits per heavy atom. The second-order valence-electron chi connectivity index (χ2n) is 7.52. The molecule has 30 heavy (non-hydrogen) atoms. The number of benzene rings is 3. The monoisotopic (exact) mass is 409 g/mol. The van der Waals surface area contributed by atoms with Crippen LogP contribution in [-0.2, 0) is 10.4 Å². The normalized spacial score (nSPS) is 16.4. The van der Waals surface area contributed by atoms with Gasteiger partial charge in [0.05, 0.1) is 12.5 Å². The highest BCUT2D eigenvalue weighted by Crippen LogP contribution is 2.39. The van der Waals surface area contributed by atoms with Crippen LogP contribution < -0.4 is 0 Å². The lowest BCUT2D eigenvalue weighted by molar-refractivity contribution is -0.147. The molecule has 154 valence electrons. The van der Waals surface area contributed by atoms with Crippen molar-refractivity contribution in [3.63, 3.8) is 0 Å². The van der Waals surface area contributed by atoms with Crippen molar-refractivity contribution in [1.29, 1.82) is 0 Å². The van der Waals surface area contributed by atoms with Gasteiger partial charge in [-0.25, -0.2) is 8.78 Å². The van der Waals surface area contributed by atoms with Crippen molar-refractivity contribution in [2.75, 3.05) is 6.54 Å². The number of aromatic hydroxyl groups is 1. The first kappa shape index (κ1) is 20.0. The van der Waals surface area contributed by atoms with E-state index in [0.29, 0.717) is 17.5 Å². The van der Waals surface area contributed by atoms with Crippen LogP contribution in [0.25, 0.3) is 0 Å². The highest BCUT2D eigenvalue weighted by Gasteiger charge is 2.40. The summed E-state index contributed by atoms with van der Waals surface area (Å²) in [7, 11) is 0. The van der Waals surface area contributed by atoms with Crippen molar-refractivity contribution in [1.82, 2.24) is 4.90 Å². The number of hydrogen-bond acceptors (Lipinski definition) is 3. The number of carbonyl (C=O) groups excluding carboxylic acids is 1. The molecule has 0 radical (unpaired) electrons. The van der Waals surface area contributed by atoms with Gasteiger partial charge in [0.25, 0.3) is 0 Å². The minimum Gasteiger partial charge on any atom is -0.508 e. The molecule has 3 aromatic carbocycles. The molecular weight excluding hydrogens is 388 g/mol. The number of rotatable bonds is 6. The molecule has 4 rings (SSSR count). The predicted octanol–water partition coefficient (Wildman–Crippen LogP) is 4.27. The summed E-state index contributed by atoms with van der Waals surface area (Å²) < 4.78 is 26.8. The van der Waals surface area contributed by atoms with Gasteiger partial charge >= 0.3 is 0 Å². The van der Waals surface area contributed by atoms with Gasteiger partial charge in [-0.05, 0) is 53.1 Å². The topological polar surface area (TPSA) is 60.8 Å². The smallest absolute Gasteiger partial charge is 0.225 e. The summed E-state index contributed by atoms with van der Waals surface area (Å²) in [6.45, 7) is 0.260. The molecule has 1 unspecified atom stereocenters. The van der Waals surface area contributed by atoms with Crippen LogP contribution in [0.15, 0.2) is 72.8 Å². The van der Waals surface area contributed by atoms with E-state index >= 15 is 0 Å².